The highest BCUT2D eigenvalue weighted by molar-refractivity contribution is 5.81. The van der Waals surface area contributed by atoms with Crippen LogP contribution >= 0.6 is 0 Å². The number of ether oxygens (including phenoxy) is 1. The zero-order valence-electron chi connectivity index (χ0n) is 16.0. The van der Waals surface area contributed by atoms with Crippen LogP contribution in [0.3, 0.4) is 0 Å². The average Bonchev–Trinajstić information content (AvgIpc) is 3.20. The van der Waals surface area contributed by atoms with Crippen LogP contribution < -0.4 is 10.1 Å². The van der Waals surface area contributed by atoms with Crippen LogP contribution in [0.2, 0.25) is 0 Å². The van der Waals surface area contributed by atoms with Crippen LogP contribution in [0, 0.1) is 23.0 Å². The summed E-state index contributed by atoms with van der Waals surface area (Å²) in [4.78, 5) is 7.26. The highest BCUT2D eigenvalue weighted by atomic mass is 19.4. The van der Waals surface area contributed by atoms with Crippen molar-refractivity contribution in [1.82, 2.24) is 19.6 Å². The molecule has 0 amide bonds. The number of methoxy groups -OCH3 is 1. The molecule has 0 spiro atoms. The van der Waals surface area contributed by atoms with E-state index < -0.39 is 70.4 Å². The maximum atomic E-state index is 14.7. The molecule has 0 fully saturated rings. The number of alkyl halides is 7. The minimum Gasteiger partial charge on any atom is -0.494 e. The van der Waals surface area contributed by atoms with Crippen molar-refractivity contribution in [2.45, 2.75) is 18.0 Å². The number of anilines is 1. The second-order valence-corrected chi connectivity index (χ2v) is 6.36. The van der Waals surface area contributed by atoms with Crippen LogP contribution in [0.5, 0.6) is 5.75 Å². The lowest BCUT2D eigenvalue weighted by Gasteiger charge is -2.28. The van der Waals surface area contributed by atoms with Gasteiger partial charge in [0.1, 0.15) is 24.0 Å². The van der Waals surface area contributed by atoms with Crippen molar-refractivity contribution in [2.24, 2.45) is 0 Å². The normalized spacial score (nSPS) is 12.6. The van der Waals surface area contributed by atoms with Crippen molar-refractivity contribution in [2.75, 3.05) is 19.0 Å². The van der Waals surface area contributed by atoms with Crippen molar-refractivity contribution in [3.05, 3.63) is 35.8 Å². The van der Waals surface area contributed by atoms with Gasteiger partial charge in [0, 0.05) is 11.6 Å². The van der Waals surface area contributed by atoms with Gasteiger partial charge in [0.2, 0.25) is 0 Å². The van der Waals surface area contributed by atoms with Gasteiger partial charge in [0.05, 0.1) is 19.2 Å². The Kier molecular flexibility index (Phi) is 5.77. The Bertz CT molecular complexity index is 1250. The maximum absolute atomic E-state index is 14.7. The fraction of sp³-hybridized carbons (Fsp3) is 0.294. The van der Waals surface area contributed by atoms with Crippen LogP contribution in [-0.2, 0) is 0 Å². The van der Waals surface area contributed by atoms with E-state index >= 15 is 0 Å². The molecular formula is C17H9F9N6O. The molecular weight excluding hydrogens is 475 g/mol. The van der Waals surface area contributed by atoms with E-state index in [9.17, 15) is 44.8 Å². The molecule has 7 nitrogen and oxygen atoms in total. The van der Waals surface area contributed by atoms with Crippen LogP contribution in [-0.4, -0.2) is 51.3 Å². The summed E-state index contributed by atoms with van der Waals surface area (Å²) in [5.41, 5.74) is -2.27. The topological polar surface area (TPSA) is 88.1 Å². The van der Waals surface area contributed by atoms with Gasteiger partial charge < -0.3 is 10.1 Å². The first-order valence-electron chi connectivity index (χ1n) is 8.48. The Morgan fingerprint density at radius 1 is 1.09 bits per heavy atom. The predicted molar refractivity (Wildman–Crippen MR) is 91.8 cm³/mol. The summed E-state index contributed by atoms with van der Waals surface area (Å²) in [5.74, 6) is -16.5. The van der Waals surface area contributed by atoms with Crippen molar-refractivity contribution < 1.29 is 44.3 Å². The van der Waals surface area contributed by atoms with Gasteiger partial charge in [0.15, 0.2) is 17.3 Å². The van der Waals surface area contributed by atoms with Gasteiger partial charge in [-0.2, -0.15) is 55.6 Å². The summed E-state index contributed by atoms with van der Waals surface area (Å²) in [6.45, 7) is -2.34. The first kappa shape index (κ1) is 23.9. The van der Waals surface area contributed by atoms with Crippen molar-refractivity contribution in [3.63, 3.8) is 0 Å². The van der Waals surface area contributed by atoms with Gasteiger partial charge in [-0.15, -0.1) is 0 Å². The van der Waals surface area contributed by atoms with Gasteiger partial charge in [-0.25, -0.2) is 8.78 Å². The van der Waals surface area contributed by atoms with Crippen molar-refractivity contribution >= 4 is 11.6 Å². The highest BCUT2D eigenvalue weighted by Crippen LogP contribution is 2.46. The number of hydrogen-bond acceptors (Lipinski definition) is 6. The number of rotatable bonds is 6. The molecule has 3 aromatic rings. The van der Waals surface area contributed by atoms with E-state index in [1.165, 1.54) is 6.07 Å². The molecule has 0 aliphatic heterocycles. The number of hydrogen-bond donors (Lipinski definition) is 1. The summed E-state index contributed by atoms with van der Waals surface area (Å²) in [6.07, 6.45) is -5.81. The molecule has 0 unspecified atom stereocenters. The smallest absolute Gasteiger partial charge is 0.459 e. The van der Waals surface area contributed by atoms with Crippen LogP contribution in [0.25, 0.3) is 16.9 Å². The summed E-state index contributed by atoms with van der Waals surface area (Å²) < 4.78 is 126. The van der Waals surface area contributed by atoms with E-state index in [0.29, 0.717) is 16.6 Å². The molecule has 0 aliphatic rings. The molecule has 2 heterocycles. The number of fused-ring (bicyclic) bond motifs is 1. The van der Waals surface area contributed by atoms with Gasteiger partial charge in [-0.05, 0) is 6.07 Å². The second-order valence-electron chi connectivity index (χ2n) is 6.36. The first-order chi connectivity index (χ1) is 15.2. The second kappa shape index (κ2) is 7.98. The van der Waals surface area contributed by atoms with Crippen molar-refractivity contribution in [1.29, 1.82) is 5.26 Å². The Hall–Kier alpha value is -3.77. The minimum atomic E-state index is -6.59. The first-order valence-corrected chi connectivity index (χ1v) is 8.48. The molecule has 16 heteroatoms. The van der Waals surface area contributed by atoms with E-state index in [2.05, 4.69) is 19.8 Å². The van der Waals surface area contributed by atoms with Gasteiger partial charge in [-0.1, -0.05) is 0 Å². The third kappa shape index (κ3) is 3.94. The zero-order valence-corrected chi connectivity index (χ0v) is 16.0. The highest BCUT2D eigenvalue weighted by Gasteiger charge is 2.72. The van der Waals surface area contributed by atoms with Crippen molar-refractivity contribution in [3.8, 4) is 22.9 Å². The minimum absolute atomic E-state index is 0.474. The fourth-order valence-corrected chi connectivity index (χ4v) is 2.73. The molecule has 0 radical (unpaired) electrons. The molecule has 1 aromatic carbocycles. The van der Waals surface area contributed by atoms with E-state index in [1.807, 2.05) is 0 Å². The molecule has 0 saturated heterocycles. The molecule has 1 N–H and O–H groups in total. The molecule has 2 aromatic heterocycles. The lowest BCUT2D eigenvalue weighted by Crippen LogP contribution is -2.55. The van der Waals surface area contributed by atoms with Gasteiger partial charge >= 0.3 is 18.0 Å². The number of nitrogens with zero attached hydrogens (tertiary/aromatic N) is 5. The molecule has 3 rings (SSSR count). The number of halogens is 9. The number of nitriles is 1. The fourth-order valence-electron chi connectivity index (χ4n) is 2.73. The number of aromatic nitrogens is 4. The Balaban J connectivity index is 2.21. The Morgan fingerprint density at radius 3 is 2.33 bits per heavy atom. The van der Waals surface area contributed by atoms with E-state index in [-0.39, 0.29) is 0 Å². The number of nitrogens with one attached hydrogen (secondary N) is 1. The third-order valence-corrected chi connectivity index (χ3v) is 4.34. The molecule has 0 atom stereocenters. The zero-order chi connectivity index (χ0) is 24.8. The SMILES string of the molecule is COc1cc(F)c(-c2c(C#N)nc3ncnn3c2NCC(F)(F)C(F)(F)C(F)(F)F)cc1F. The summed E-state index contributed by atoms with van der Waals surface area (Å²) in [6, 6.07) is 2.50. The van der Waals surface area contributed by atoms with Crippen LogP contribution in [0.1, 0.15) is 5.69 Å². The monoisotopic (exact) mass is 484 g/mol. The third-order valence-electron chi connectivity index (χ3n) is 4.34. The molecule has 0 saturated carbocycles. The van der Waals surface area contributed by atoms with Crippen LogP contribution in [0.15, 0.2) is 18.5 Å². The predicted octanol–water partition coefficient (Wildman–Crippen LogP) is 4.19. The average molecular weight is 484 g/mol. The van der Waals surface area contributed by atoms with Gasteiger partial charge in [0.25, 0.3) is 5.78 Å². The largest absolute Gasteiger partial charge is 0.494 e. The molecule has 0 aliphatic carbocycles. The Morgan fingerprint density at radius 2 is 1.76 bits per heavy atom. The summed E-state index contributed by atoms with van der Waals surface area (Å²) in [7, 11) is 1.01. The maximum Gasteiger partial charge on any atom is 0.459 e. The van der Waals surface area contributed by atoms with E-state index in [4.69, 9.17) is 0 Å². The van der Waals surface area contributed by atoms with E-state index in [1.54, 1.807) is 5.32 Å². The Labute approximate surface area is 177 Å². The summed E-state index contributed by atoms with van der Waals surface area (Å²) in [5, 5.41) is 14.6. The van der Waals surface area contributed by atoms with E-state index in [0.717, 1.165) is 13.4 Å². The van der Waals surface area contributed by atoms with Crippen LogP contribution in [0.4, 0.5) is 45.3 Å². The number of benzene rings is 1. The molecule has 33 heavy (non-hydrogen) atoms. The lowest BCUT2D eigenvalue weighted by molar-refractivity contribution is -0.350. The van der Waals surface area contributed by atoms with Gasteiger partial charge in [-0.3, -0.25) is 0 Å². The summed E-state index contributed by atoms with van der Waals surface area (Å²) >= 11 is 0. The standard InChI is InChI=1S/C17H9F9N6O/c1-33-11-3-8(18)7(2-9(11)19)12-10(4-27)31-14-29-6-30-32(14)13(12)28-5-15(20,21)16(22,23)17(24,25)26/h2-3,6,28H,5H2,1H3. The quantitative estimate of drug-likeness (QED) is 0.528. The molecule has 176 valence electrons. The lowest BCUT2D eigenvalue weighted by atomic mass is 10.0. The molecule has 0 bridgehead atoms.